The van der Waals surface area contributed by atoms with Gasteiger partial charge >= 0.3 is 0 Å². The first kappa shape index (κ1) is 15.3. The van der Waals surface area contributed by atoms with Crippen molar-refractivity contribution in [1.29, 1.82) is 0 Å². The summed E-state index contributed by atoms with van der Waals surface area (Å²) in [5.41, 5.74) is 1.68. The van der Waals surface area contributed by atoms with Gasteiger partial charge in [0.1, 0.15) is 5.75 Å². The Morgan fingerprint density at radius 1 is 1.38 bits per heavy atom. The highest BCUT2D eigenvalue weighted by Gasteiger charge is 2.19. The van der Waals surface area contributed by atoms with Crippen LogP contribution in [0.1, 0.15) is 31.1 Å². The van der Waals surface area contributed by atoms with E-state index in [1.54, 1.807) is 11.8 Å². The molecule has 21 heavy (non-hydrogen) atoms. The SMILES string of the molecule is COc1ccccc1CCNCc1c([O-])on[n+]1C(C)C. The quantitative estimate of drug-likeness (QED) is 0.607. The summed E-state index contributed by atoms with van der Waals surface area (Å²) >= 11 is 0. The molecule has 1 aromatic carbocycles. The Hall–Kier alpha value is -2.08. The minimum absolute atomic E-state index is 0.0995. The lowest BCUT2D eigenvalue weighted by molar-refractivity contribution is -0.785. The van der Waals surface area contributed by atoms with E-state index in [-0.39, 0.29) is 12.0 Å². The van der Waals surface area contributed by atoms with Crippen molar-refractivity contribution in [3.63, 3.8) is 0 Å². The summed E-state index contributed by atoms with van der Waals surface area (Å²) in [7, 11) is 1.67. The molecule has 0 unspecified atom stereocenters. The molecule has 0 atom stereocenters. The van der Waals surface area contributed by atoms with Gasteiger partial charge in [0.25, 0.3) is 0 Å². The third-order valence-corrected chi connectivity index (χ3v) is 3.27. The van der Waals surface area contributed by atoms with Gasteiger partial charge in [-0.25, -0.2) is 0 Å². The molecule has 0 aliphatic heterocycles. The molecule has 114 valence electrons. The monoisotopic (exact) mass is 291 g/mol. The van der Waals surface area contributed by atoms with Crippen LogP contribution in [-0.2, 0) is 13.0 Å². The molecule has 6 heteroatoms. The van der Waals surface area contributed by atoms with E-state index in [2.05, 4.69) is 10.6 Å². The lowest BCUT2D eigenvalue weighted by atomic mass is 10.1. The van der Waals surface area contributed by atoms with Crippen LogP contribution in [0.15, 0.2) is 28.8 Å². The van der Waals surface area contributed by atoms with Gasteiger partial charge in [-0.3, -0.25) is 0 Å². The van der Waals surface area contributed by atoms with E-state index in [1.807, 2.05) is 38.1 Å². The molecule has 1 N–H and O–H groups in total. The van der Waals surface area contributed by atoms with Crippen LogP contribution in [0.25, 0.3) is 0 Å². The van der Waals surface area contributed by atoms with Gasteiger partial charge in [0.15, 0.2) is 12.0 Å². The average Bonchev–Trinajstić information content (AvgIpc) is 2.85. The summed E-state index contributed by atoms with van der Waals surface area (Å²) in [6.07, 6.45) is 0.825. The summed E-state index contributed by atoms with van der Waals surface area (Å²) in [6, 6.07) is 8.01. The van der Waals surface area contributed by atoms with Crippen LogP contribution in [0.4, 0.5) is 0 Å². The fourth-order valence-corrected chi connectivity index (χ4v) is 2.18. The van der Waals surface area contributed by atoms with Crippen molar-refractivity contribution in [2.75, 3.05) is 13.7 Å². The smallest absolute Gasteiger partial charge is 0.247 e. The molecule has 0 fully saturated rings. The van der Waals surface area contributed by atoms with Gasteiger partial charge < -0.3 is 19.7 Å². The predicted molar refractivity (Wildman–Crippen MR) is 74.9 cm³/mol. The van der Waals surface area contributed by atoms with Crippen molar-refractivity contribution in [3.05, 3.63) is 35.5 Å². The van der Waals surface area contributed by atoms with Crippen LogP contribution in [0.2, 0.25) is 0 Å². The van der Waals surface area contributed by atoms with Crippen molar-refractivity contribution >= 4 is 0 Å². The Morgan fingerprint density at radius 3 is 2.86 bits per heavy atom. The van der Waals surface area contributed by atoms with Crippen LogP contribution in [0.5, 0.6) is 11.7 Å². The molecular formula is C15H21N3O3. The van der Waals surface area contributed by atoms with E-state index in [4.69, 9.17) is 9.26 Å². The minimum Gasteiger partial charge on any atom is -0.539 e. The van der Waals surface area contributed by atoms with Crippen LogP contribution in [0, 0.1) is 0 Å². The molecule has 0 saturated heterocycles. The van der Waals surface area contributed by atoms with Gasteiger partial charge in [-0.15, -0.1) is 0 Å². The second-order valence-corrected chi connectivity index (χ2v) is 5.08. The van der Waals surface area contributed by atoms with Crippen molar-refractivity contribution < 1.29 is 19.0 Å². The average molecular weight is 291 g/mol. The summed E-state index contributed by atoms with van der Waals surface area (Å²) < 4.78 is 11.6. The Bertz CT molecular complexity index is 581. The van der Waals surface area contributed by atoms with Crippen molar-refractivity contribution in [3.8, 4) is 11.7 Å². The van der Waals surface area contributed by atoms with Gasteiger partial charge in [-0.2, -0.15) is 0 Å². The predicted octanol–water partition coefficient (Wildman–Crippen LogP) is 0.957. The second kappa shape index (κ2) is 7.08. The number of nitrogens with one attached hydrogen (secondary N) is 1. The van der Waals surface area contributed by atoms with E-state index in [9.17, 15) is 5.11 Å². The van der Waals surface area contributed by atoms with Gasteiger partial charge in [-0.05, 0) is 38.4 Å². The number of benzene rings is 1. The number of hydrogen-bond donors (Lipinski definition) is 1. The molecule has 0 aliphatic rings. The summed E-state index contributed by atoms with van der Waals surface area (Å²) in [6.45, 7) is 5.10. The van der Waals surface area contributed by atoms with E-state index < -0.39 is 0 Å². The molecule has 0 amide bonds. The maximum Gasteiger partial charge on any atom is 0.247 e. The number of rotatable bonds is 7. The molecule has 0 aliphatic carbocycles. The summed E-state index contributed by atoms with van der Waals surface area (Å²) in [5.74, 6) is 0.500. The maximum atomic E-state index is 11.6. The summed E-state index contributed by atoms with van der Waals surface area (Å²) in [5, 5.41) is 18.6. The highest BCUT2D eigenvalue weighted by molar-refractivity contribution is 5.33. The fourth-order valence-electron chi connectivity index (χ4n) is 2.18. The molecule has 2 rings (SSSR count). The topological polar surface area (TPSA) is 74.2 Å². The molecule has 2 aromatic rings. The molecule has 0 saturated carbocycles. The molecule has 0 spiro atoms. The van der Waals surface area contributed by atoms with E-state index in [0.717, 1.165) is 24.3 Å². The Morgan fingerprint density at radius 2 is 2.14 bits per heavy atom. The van der Waals surface area contributed by atoms with E-state index in [0.29, 0.717) is 12.2 Å². The van der Waals surface area contributed by atoms with Gasteiger partial charge in [-0.1, -0.05) is 22.9 Å². The first-order chi connectivity index (χ1) is 10.1. The lowest BCUT2D eigenvalue weighted by Gasteiger charge is -2.08. The zero-order chi connectivity index (χ0) is 15.2. The lowest BCUT2D eigenvalue weighted by Crippen LogP contribution is -2.43. The Labute approximate surface area is 124 Å². The molecular weight excluding hydrogens is 270 g/mol. The number of hydrogen-bond acceptors (Lipinski definition) is 5. The number of methoxy groups -OCH3 is 1. The third-order valence-electron chi connectivity index (χ3n) is 3.27. The number of para-hydroxylation sites is 1. The molecule has 1 heterocycles. The Balaban J connectivity index is 1.89. The normalized spacial score (nSPS) is 11.0. The maximum absolute atomic E-state index is 11.6. The Kier molecular flexibility index (Phi) is 5.16. The third kappa shape index (κ3) is 3.72. The highest BCUT2D eigenvalue weighted by atomic mass is 16.6. The van der Waals surface area contributed by atoms with Gasteiger partial charge in [0, 0.05) is 0 Å². The minimum atomic E-state index is -0.381. The first-order valence-corrected chi connectivity index (χ1v) is 7.03. The number of nitrogens with zero attached hydrogens (tertiary/aromatic N) is 2. The van der Waals surface area contributed by atoms with Crippen molar-refractivity contribution in [2.24, 2.45) is 0 Å². The van der Waals surface area contributed by atoms with Crippen LogP contribution in [-0.4, -0.2) is 18.9 Å². The van der Waals surface area contributed by atoms with E-state index >= 15 is 0 Å². The van der Waals surface area contributed by atoms with Gasteiger partial charge in [0.2, 0.25) is 5.69 Å². The molecule has 6 nitrogen and oxygen atoms in total. The first-order valence-electron chi connectivity index (χ1n) is 7.03. The van der Waals surface area contributed by atoms with E-state index in [1.165, 1.54) is 0 Å². The summed E-state index contributed by atoms with van der Waals surface area (Å²) in [4.78, 5) is 0. The molecule has 0 bridgehead atoms. The fraction of sp³-hybridized carbons (Fsp3) is 0.467. The molecule has 1 aromatic heterocycles. The highest BCUT2D eigenvalue weighted by Crippen LogP contribution is 2.17. The zero-order valence-corrected chi connectivity index (χ0v) is 12.6. The number of ether oxygens (including phenoxy) is 1. The van der Waals surface area contributed by atoms with Gasteiger partial charge in [0.05, 0.1) is 18.9 Å². The second-order valence-electron chi connectivity index (χ2n) is 5.08. The number of aromatic nitrogens is 2. The molecule has 0 radical (unpaired) electrons. The van der Waals surface area contributed by atoms with Crippen LogP contribution in [0.3, 0.4) is 0 Å². The van der Waals surface area contributed by atoms with Crippen LogP contribution >= 0.6 is 0 Å². The zero-order valence-electron chi connectivity index (χ0n) is 12.6. The largest absolute Gasteiger partial charge is 0.539 e. The standard InChI is InChI=1S/C15H21N3O3/c1-11(2)18-13(15(19)21-17-18)10-16-9-8-12-6-4-5-7-14(12)20-3/h4-7,11,16H,8-10H2,1-3H3. The van der Waals surface area contributed by atoms with Crippen LogP contribution < -0.4 is 19.8 Å². The van der Waals surface area contributed by atoms with Crippen molar-refractivity contribution in [2.45, 2.75) is 32.9 Å². The van der Waals surface area contributed by atoms with Crippen molar-refractivity contribution in [1.82, 2.24) is 10.6 Å².